The number of aromatic nitrogens is 1. The Morgan fingerprint density at radius 2 is 1.88 bits per heavy atom. The number of nitrogens with zero attached hydrogens (tertiary/aromatic N) is 3. The Bertz CT molecular complexity index is 1310. The highest BCUT2D eigenvalue weighted by molar-refractivity contribution is 8.18. The molecule has 2 amide bonds. The van der Waals surface area contributed by atoms with Crippen LogP contribution in [0.5, 0.6) is 0 Å². The molecule has 2 heterocycles. The smallest absolute Gasteiger partial charge is 0.328 e. The Kier molecular flexibility index (Phi) is 6.01. The highest BCUT2D eigenvalue weighted by atomic mass is 32.2. The van der Waals surface area contributed by atoms with Crippen LogP contribution >= 0.6 is 11.8 Å². The van der Waals surface area contributed by atoms with Crippen molar-refractivity contribution in [3.05, 3.63) is 80.9 Å². The minimum atomic E-state index is -1.02. The molecular formula is C23H19N3O6S. The van der Waals surface area contributed by atoms with Crippen LogP contribution in [0.3, 0.4) is 0 Å². The van der Waals surface area contributed by atoms with Gasteiger partial charge in [-0.2, -0.15) is 0 Å². The topological polar surface area (TPSA) is 112 Å². The first-order chi connectivity index (χ1) is 15.8. The predicted molar refractivity (Wildman–Crippen MR) is 123 cm³/mol. The van der Waals surface area contributed by atoms with Gasteiger partial charge in [-0.1, -0.05) is 30.3 Å². The fraction of sp³-hybridized carbons (Fsp3) is 0.174. The van der Waals surface area contributed by atoms with Gasteiger partial charge in [0.1, 0.15) is 6.04 Å². The SMILES string of the molecule is COC(=O)[C@@H](C)N1C(=O)S/C(=C/c2cn(Cc3ccc([N+](=O)[O-])cc3)c3ccccc23)C1=O. The number of benzene rings is 2. The third-order valence-corrected chi connectivity index (χ3v) is 6.24. The number of ether oxygens (including phenoxy) is 1. The van der Waals surface area contributed by atoms with Crippen molar-refractivity contribution in [1.29, 1.82) is 0 Å². The molecule has 4 rings (SSSR count). The van der Waals surface area contributed by atoms with Gasteiger partial charge in [0.25, 0.3) is 16.8 Å². The van der Waals surface area contributed by atoms with Crippen molar-refractivity contribution in [2.75, 3.05) is 7.11 Å². The molecular weight excluding hydrogens is 446 g/mol. The number of thioether (sulfide) groups is 1. The zero-order valence-electron chi connectivity index (χ0n) is 17.8. The lowest BCUT2D eigenvalue weighted by Gasteiger charge is -2.18. The molecule has 1 saturated heterocycles. The molecule has 1 aliphatic rings. The average molecular weight is 465 g/mol. The van der Waals surface area contributed by atoms with Gasteiger partial charge in [-0.15, -0.1) is 0 Å². The number of carbonyl (C=O) groups excluding carboxylic acids is 3. The number of non-ortho nitro benzene ring substituents is 1. The van der Waals surface area contributed by atoms with E-state index >= 15 is 0 Å². The molecule has 168 valence electrons. The second-order valence-electron chi connectivity index (χ2n) is 7.40. The quantitative estimate of drug-likeness (QED) is 0.232. The molecule has 0 unspecified atom stereocenters. The van der Waals surface area contributed by atoms with Crippen LogP contribution in [-0.4, -0.2) is 44.7 Å². The molecule has 3 aromatic rings. The Labute approximate surface area is 192 Å². The minimum Gasteiger partial charge on any atom is -0.467 e. The van der Waals surface area contributed by atoms with E-state index in [1.807, 2.05) is 35.0 Å². The monoisotopic (exact) mass is 465 g/mol. The van der Waals surface area contributed by atoms with E-state index in [4.69, 9.17) is 0 Å². The summed E-state index contributed by atoms with van der Waals surface area (Å²) in [6.45, 7) is 1.91. The van der Waals surface area contributed by atoms with Crippen LogP contribution in [-0.2, 0) is 20.9 Å². The van der Waals surface area contributed by atoms with Gasteiger partial charge in [0, 0.05) is 41.3 Å². The van der Waals surface area contributed by atoms with E-state index in [-0.39, 0.29) is 10.6 Å². The van der Waals surface area contributed by atoms with Crippen molar-refractivity contribution in [2.45, 2.75) is 19.5 Å². The van der Waals surface area contributed by atoms with Crippen LogP contribution in [0.25, 0.3) is 17.0 Å². The van der Waals surface area contributed by atoms with Crippen LogP contribution in [0.15, 0.2) is 59.6 Å². The van der Waals surface area contributed by atoms with Crippen molar-refractivity contribution < 1.29 is 24.0 Å². The first-order valence-electron chi connectivity index (χ1n) is 9.96. The van der Waals surface area contributed by atoms with E-state index in [0.717, 1.165) is 38.7 Å². The number of methoxy groups -OCH3 is 1. The third kappa shape index (κ3) is 4.24. The molecule has 1 atom stereocenters. The van der Waals surface area contributed by atoms with Crippen LogP contribution in [0, 0.1) is 10.1 Å². The zero-order chi connectivity index (χ0) is 23.7. The van der Waals surface area contributed by atoms with Crippen LogP contribution in [0.4, 0.5) is 10.5 Å². The summed E-state index contributed by atoms with van der Waals surface area (Å²) in [4.78, 5) is 48.6. The molecule has 0 N–H and O–H groups in total. The van der Waals surface area contributed by atoms with E-state index in [9.17, 15) is 24.5 Å². The fourth-order valence-electron chi connectivity index (χ4n) is 3.67. The van der Waals surface area contributed by atoms with Crippen LogP contribution in [0.1, 0.15) is 18.1 Å². The van der Waals surface area contributed by atoms with Gasteiger partial charge in [-0.05, 0) is 36.4 Å². The van der Waals surface area contributed by atoms with Crippen molar-refractivity contribution in [3.63, 3.8) is 0 Å². The molecule has 1 aromatic heterocycles. The molecule has 1 fully saturated rings. The minimum absolute atomic E-state index is 0.0220. The summed E-state index contributed by atoms with van der Waals surface area (Å²) < 4.78 is 6.63. The Hall–Kier alpha value is -3.92. The van der Waals surface area contributed by atoms with Crippen molar-refractivity contribution in [1.82, 2.24) is 9.47 Å². The number of carbonyl (C=O) groups is 3. The predicted octanol–water partition coefficient (Wildman–Crippen LogP) is 4.20. The van der Waals surface area contributed by atoms with Crippen molar-refractivity contribution in [2.24, 2.45) is 0 Å². The summed E-state index contributed by atoms with van der Waals surface area (Å²) >= 11 is 0.777. The molecule has 33 heavy (non-hydrogen) atoms. The maximum absolute atomic E-state index is 12.8. The molecule has 0 bridgehead atoms. The molecule has 0 aliphatic carbocycles. The summed E-state index contributed by atoms with van der Waals surface area (Å²) in [5.41, 5.74) is 2.54. The lowest BCUT2D eigenvalue weighted by Crippen LogP contribution is -2.42. The van der Waals surface area contributed by atoms with Crippen molar-refractivity contribution in [3.8, 4) is 0 Å². The Balaban J connectivity index is 1.67. The summed E-state index contributed by atoms with van der Waals surface area (Å²) in [7, 11) is 1.20. The fourth-order valence-corrected chi connectivity index (χ4v) is 4.57. The third-order valence-electron chi connectivity index (χ3n) is 5.36. The Morgan fingerprint density at radius 3 is 2.55 bits per heavy atom. The van der Waals surface area contributed by atoms with Crippen LogP contribution in [0.2, 0.25) is 0 Å². The van der Waals surface area contributed by atoms with Gasteiger partial charge in [-0.25, -0.2) is 4.79 Å². The Morgan fingerprint density at radius 1 is 1.18 bits per heavy atom. The number of amides is 2. The highest BCUT2D eigenvalue weighted by Gasteiger charge is 2.41. The largest absolute Gasteiger partial charge is 0.467 e. The van der Waals surface area contributed by atoms with Gasteiger partial charge < -0.3 is 9.30 Å². The second-order valence-corrected chi connectivity index (χ2v) is 8.40. The lowest BCUT2D eigenvalue weighted by molar-refractivity contribution is -0.384. The van der Waals surface area contributed by atoms with Gasteiger partial charge in [0.2, 0.25) is 0 Å². The second kappa shape index (κ2) is 8.91. The normalized spacial score (nSPS) is 15.9. The number of rotatable bonds is 6. The summed E-state index contributed by atoms with van der Waals surface area (Å²) in [6, 6.07) is 12.9. The number of esters is 1. The van der Waals surface area contributed by atoms with E-state index in [0.29, 0.717) is 6.54 Å². The number of imide groups is 1. The average Bonchev–Trinajstić information content (AvgIpc) is 3.29. The van der Waals surface area contributed by atoms with Gasteiger partial charge in [0.15, 0.2) is 0 Å². The number of para-hydroxylation sites is 1. The number of fused-ring (bicyclic) bond motifs is 1. The number of nitro groups is 1. The van der Waals surface area contributed by atoms with E-state index in [2.05, 4.69) is 4.74 Å². The zero-order valence-corrected chi connectivity index (χ0v) is 18.6. The standard InChI is InChI=1S/C23H19N3O6S/c1-14(22(28)32-2)25-21(27)20(33-23(25)29)11-16-13-24(19-6-4-3-5-18(16)19)12-15-7-9-17(10-8-15)26(30)31/h3-11,13-14H,12H2,1-2H3/b20-11+/t14-/m1/s1. The van der Waals surface area contributed by atoms with E-state index in [1.165, 1.54) is 26.2 Å². The van der Waals surface area contributed by atoms with Gasteiger partial charge >= 0.3 is 5.97 Å². The molecule has 2 aromatic carbocycles. The number of nitro benzene ring substituents is 1. The van der Waals surface area contributed by atoms with E-state index in [1.54, 1.807) is 18.2 Å². The highest BCUT2D eigenvalue weighted by Crippen LogP contribution is 2.35. The van der Waals surface area contributed by atoms with Gasteiger partial charge in [0.05, 0.1) is 16.9 Å². The van der Waals surface area contributed by atoms with Crippen molar-refractivity contribution >= 4 is 51.5 Å². The molecule has 1 aliphatic heterocycles. The van der Waals surface area contributed by atoms with Crippen LogP contribution < -0.4 is 0 Å². The molecule has 10 heteroatoms. The lowest BCUT2D eigenvalue weighted by atomic mass is 10.1. The van der Waals surface area contributed by atoms with E-state index < -0.39 is 28.1 Å². The summed E-state index contributed by atoms with van der Waals surface area (Å²) in [6.07, 6.45) is 3.51. The van der Waals surface area contributed by atoms with Gasteiger partial charge in [-0.3, -0.25) is 24.6 Å². The molecule has 0 saturated carbocycles. The number of hydrogen-bond donors (Lipinski definition) is 0. The molecule has 9 nitrogen and oxygen atoms in total. The number of hydrogen-bond acceptors (Lipinski definition) is 7. The maximum atomic E-state index is 12.8. The maximum Gasteiger partial charge on any atom is 0.328 e. The molecule has 0 radical (unpaired) electrons. The summed E-state index contributed by atoms with van der Waals surface area (Å²) in [5.74, 6) is -1.21. The first kappa shape index (κ1) is 22.3. The molecule has 0 spiro atoms. The first-order valence-corrected chi connectivity index (χ1v) is 10.8. The summed E-state index contributed by atoms with van der Waals surface area (Å²) in [5, 5.41) is 11.2.